The Balaban J connectivity index is 2.14. The van der Waals surface area contributed by atoms with Gasteiger partial charge in [0.15, 0.2) is 0 Å². The van der Waals surface area contributed by atoms with E-state index < -0.39 is 0 Å². The van der Waals surface area contributed by atoms with Crippen molar-refractivity contribution in [3.05, 3.63) is 58.2 Å². The largest absolute Gasteiger partial charge is 0.497 e. The molecule has 0 bridgehead atoms. The first-order valence-electron chi connectivity index (χ1n) is 6.11. The van der Waals surface area contributed by atoms with Crippen molar-refractivity contribution < 1.29 is 4.74 Å². The van der Waals surface area contributed by atoms with Crippen LogP contribution in [-0.4, -0.2) is 12.1 Å². The van der Waals surface area contributed by atoms with Crippen molar-refractivity contribution in [2.45, 2.75) is 0 Å². The average molecular weight is 302 g/mol. The number of aromatic nitrogens is 1. The zero-order chi connectivity index (χ0) is 13.9. The van der Waals surface area contributed by atoms with Gasteiger partial charge in [0.05, 0.1) is 18.5 Å². The summed E-state index contributed by atoms with van der Waals surface area (Å²) in [6, 6.07) is 13.6. The minimum Gasteiger partial charge on any atom is -0.497 e. The van der Waals surface area contributed by atoms with Gasteiger partial charge in [-0.2, -0.15) is 11.3 Å². The van der Waals surface area contributed by atoms with Gasteiger partial charge in [-0.1, -0.05) is 23.7 Å². The number of hydrogen-bond acceptors (Lipinski definition) is 3. The Bertz CT molecular complexity index is 725. The molecular weight excluding hydrogens is 290 g/mol. The summed E-state index contributed by atoms with van der Waals surface area (Å²) in [4.78, 5) is 4.70. The maximum Gasteiger partial charge on any atom is 0.123 e. The normalized spacial score (nSPS) is 10.5. The van der Waals surface area contributed by atoms with E-state index in [1.54, 1.807) is 18.4 Å². The van der Waals surface area contributed by atoms with Crippen LogP contribution in [0.1, 0.15) is 0 Å². The molecule has 20 heavy (non-hydrogen) atoms. The van der Waals surface area contributed by atoms with Crippen molar-refractivity contribution in [3.8, 4) is 28.3 Å². The van der Waals surface area contributed by atoms with Crippen molar-refractivity contribution in [3.63, 3.8) is 0 Å². The molecule has 3 aromatic rings. The van der Waals surface area contributed by atoms with Gasteiger partial charge >= 0.3 is 0 Å². The SMILES string of the molecule is COc1cc(-c2ccsc2)nc(-c2cccc(Cl)c2)c1. The lowest BCUT2D eigenvalue weighted by atomic mass is 10.1. The Morgan fingerprint density at radius 1 is 1.05 bits per heavy atom. The summed E-state index contributed by atoms with van der Waals surface area (Å²) in [7, 11) is 1.66. The smallest absolute Gasteiger partial charge is 0.123 e. The van der Waals surface area contributed by atoms with Crippen molar-refractivity contribution in [2.75, 3.05) is 7.11 Å². The van der Waals surface area contributed by atoms with Crippen molar-refractivity contribution in [2.24, 2.45) is 0 Å². The molecule has 4 heteroatoms. The highest BCUT2D eigenvalue weighted by molar-refractivity contribution is 7.08. The minimum atomic E-state index is 0.698. The lowest BCUT2D eigenvalue weighted by Gasteiger charge is -2.08. The van der Waals surface area contributed by atoms with Crippen molar-refractivity contribution in [1.29, 1.82) is 0 Å². The summed E-state index contributed by atoms with van der Waals surface area (Å²) in [5.41, 5.74) is 3.83. The van der Waals surface area contributed by atoms with Gasteiger partial charge in [-0.3, -0.25) is 0 Å². The van der Waals surface area contributed by atoms with E-state index in [0.717, 1.165) is 28.3 Å². The van der Waals surface area contributed by atoms with Crippen LogP contribution >= 0.6 is 22.9 Å². The van der Waals surface area contributed by atoms with E-state index in [2.05, 4.69) is 5.38 Å². The minimum absolute atomic E-state index is 0.698. The molecule has 2 aromatic heterocycles. The molecule has 2 nitrogen and oxygen atoms in total. The first-order valence-corrected chi connectivity index (χ1v) is 7.43. The van der Waals surface area contributed by atoms with E-state index in [1.165, 1.54) is 0 Å². The average Bonchev–Trinajstić information content (AvgIpc) is 3.01. The highest BCUT2D eigenvalue weighted by Gasteiger charge is 2.08. The summed E-state index contributed by atoms with van der Waals surface area (Å²) in [6.45, 7) is 0. The van der Waals surface area contributed by atoms with E-state index in [0.29, 0.717) is 5.02 Å². The van der Waals surface area contributed by atoms with Crippen LogP contribution in [0.2, 0.25) is 5.02 Å². The molecule has 0 saturated heterocycles. The van der Waals surface area contributed by atoms with Crippen LogP contribution in [0.15, 0.2) is 53.2 Å². The standard InChI is InChI=1S/C16H12ClNOS/c1-19-14-8-15(11-3-2-4-13(17)7-11)18-16(9-14)12-5-6-20-10-12/h2-10H,1H3. The third-order valence-corrected chi connectivity index (χ3v) is 3.89. The lowest BCUT2D eigenvalue weighted by molar-refractivity contribution is 0.414. The molecular formula is C16H12ClNOS. The van der Waals surface area contributed by atoms with Gasteiger partial charge in [-0.25, -0.2) is 4.98 Å². The number of nitrogens with zero attached hydrogens (tertiary/aromatic N) is 1. The van der Waals surface area contributed by atoms with Crippen LogP contribution in [-0.2, 0) is 0 Å². The van der Waals surface area contributed by atoms with Gasteiger partial charge in [-0.05, 0) is 23.6 Å². The topological polar surface area (TPSA) is 22.1 Å². The second-order valence-electron chi connectivity index (χ2n) is 4.30. The van der Waals surface area contributed by atoms with Gasteiger partial charge < -0.3 is 4.74 Å². The molecule has 3 rings (SSSR count). The Hall–Kier alpha value is -1.84. The zero-order valence-electron chi connectivity index (χ0n) is 10.8. The highest BCUT2D eigenvalue weighted by atomic mass is 35.5. The number of rotatable bonds is 3. The molecule has 0 fully saturated rings. The van der Waals surface area contributed by atoms with E-state index in [4.69, 9.17) is 21.3 Å². The maximum atomic E-state index is 6.05. The Morgan fingerprint density at radius 2 is 1.85 bits per heavy atom. The molecule has 100 valence electrons. The van der Waals surface area contributed by atoms with Gasteiger partial charge in [0.2, 0.25) is 0 Å². The maximum absolute atomic E-state index is 6.05. The van der Waals surface area contributed by atoms with Crippen LogP contribution in [0.3, 0.4) is 0 Å². The third kappa shape index (κ3) is 2.69. The molecule has 2 heterocycles. The van der Waals surface area contributed by atoms with Gasteiger partial charge in [0, 0.05) is 33.7 Å². The molecule has 0 radical (unpaired) electrons. The highest BCUT2D eigenvalue weighted by Crippen LogP contribution is 2.30. The molecule has 0 saturated carbocycles. The van der Waals surface area contributed by atoms with E-state index >= 15 is 0 Å². The summed E-state index contributed by atoms with van der Waals surface area (Å²) in [5, 5.41) is 4.81. The second-order valence-corrected chi connectivity index (χ2v) is 5.52. The molecule has 0 N–H and O–H groups in total. The molecule has 0 amide bonds. The Labute approximate surface area is 126 Å². The van der Waals surface area contributed by atoms with Gasteiger partial charge in [0.25, 0.3) is 0 Å². The predicted molar refractivity (Wildman–Crippen MR) is 84.5 cm³/mol. The summed E-state index contributed by atoms with van der Waals surface area (Å²) < 4.78 is 5.38. The van der Waals surface area contributed by atoms with Gasteiger partial charge in [-0.15, -0.1) is 0 Å². The summed E-state index contributed by atoms with van der Waals surface area (Å²) >= 11 is 7.70. The molecule has 0 unspecified atom stereocenters. The fourth-order valence-corrected chi connectivity index (χ4v) is 2.82. The van der Waals surface area contributed by atoms with E-state index in [1.807, 2.05) is 47.8 Å². The summed E-state index contributed by atoms with van der Waals surface area (Å²) in [6.07, 6.45) is 0. The fraction of sp³-hybridized carbons (Fsp3) is 0.0625. The summed E-state index contributed by atoms with van der Waals surface area (Å²) in [5.74, 6) is 0.788. The first-order chi connectivity index (χ1) is 9.76. The van der Waals surface area contributed by atoms with Crippen LogP contribution in [0.25, 0.3) is 22.5 Å². The molecule has 0 aliphatic rings. The molecule has 0 aliphatic heterocycles. The number of pyridine rings is 1. The van der Waals surface area contributed by atoms with Gasteiger partial charge in [0.1, 0.15) is 5.75 Å². The van der Waals surface area contributed by atoms with Crippen LogP contribution in [0.5, 0.6) is 5.75 Å². The van der Waals surface area contributed by atoms with E-state index in [-0.39, 0.29) is 0 Å². The van der Waals surface area contributed by atoms with Crippen molar-refractivity contribution in [1.82, 2.24) is 4.98 Å². The lowest BCUT2D eigenvalue weighted by Crippen LogP contribution is -1.91. The zero-order valence-corrected chi connectivity index (χ0v) is 12.4. The molecule has 0 aliphatic carbocycles. The number of benzene rings is 1. The third-order valence-electron chi connectivity index (χ3n) is 2.97. The monoisotopic (exact) mass is 301 g/mol. The first kappa shape index (κ1) is 13.2. The second kappa shape index (κ2) is 5.65. The quantitative estimate of drug-likeness (QED) is 0.668. The molecule has 1 aromatic carbocycles. The molecule has 0 atom stereocenters. The Morgan fingerprint density at radius 3 is 2.50 bits per heavy atom. The number of thiophene rings is 1. The Kier molecular flexibility index (Phi) is 3.72. The number of hydrogen-bond donors (Lipinski definition) is 0. The van der Waals surface area contributed by atoms with E-state index in [9.17, 15) is 0 Å². The van der Waals surface area contributed by atoms with Crippen LogP contribution in [0.4, 0.5) is 0 Å². The predicted octanol–water partition coefficient (Wildman–Crippen LogP) is 5.14. The molecule has 0 spiro atoms. The number of ether oxygens (including phenoxy) is 1. The van der Waals surface area contributed by atoms with Crippen molar-refractivity contribution >= 4 is 22.9 Å². The fourth-order valence-electron chi connectivity index (χ4n) is 1.98. The number of methoxy groups -OCH3 is 1. The van der Waals surface area contributed by atoms with Crippen LogP contribution in [0, 0.1) is 0 Å². The van der Waals surface area contributed by atoms with Crippen LogP contribution < -0.4 is 4.74 Å². The number of halogens is 1.